The summed E-state index contributed by atoms with van der Waals surface area (Å²) < 4.78 is 22.9. The zero-order valence-corrected chi connectivity index (χ0v) is 7.84. The lowest BCUT2D eigenvalue weighted by molar-refractivity contribution is 0.100. The van der Waals surface area contributed by atoms with E-state index in [9.17, 15) is 13.2 Å². The van der Waals surface area contributed by atoms with Crippen LogP contribution in [-0.2, 0) is 10.5 Å². The molecule has 0 saturated carbocycles. The van der Waals surface area contributed by atoms with Gasteiger partial charge in [0.2, 0.25) is 0 Å². The van der Waals surface area contributed by atoms with Crippen LogP contribution >= 0.6 is 11.6 Å². The highest BCUT2D eigenvalue weighted by molar-refractivity contribution is 7.62. The molecule has 0 aliphatic rings. The van der Waals surface area contributed by atoms with Gasteiger partial charge in [-0.2, -0.15) is 8.42 Å². The fraction of sp³-hybridized carbons (Fsp3) is 0. The smallest absolute Gasteiger partial charge is 0.266 e. The Bertz CT molecular complexity index is 458. The fourth-order valence-corrected chi connectivity index (χ4v) is 1.17. The number of benzene rings is 1. The average Bonchev–Trinajstić information content (AvgIpc) is 2.03. The van der Waals surface area contributed by atoms with Crippen LogP contribution in [-0.4, -0.2) is 14.3 Å². The van der Waals surface area contributed by atoms with Gasteiger partial charge in [-0.3, -0.25) is 4.79 Å². The maximum absolute atomic E-state index is 11.0. The van der Waals surface area contributed by atoms with E-state index < -0.39 is 16.4 Å². The Morgan fingerprint density at radius 2 is 2.08 bits per heavy atom. The van der Waals surface area contributed by atoms with E-state index in [-0.39, 0.29) is 5.56 Å². The summed E-state index contributed by atoms with van der Waals surface area (Å²) in [6.07, 6.45) is 0. The normalized spacial score (nSPS) is 9.31. The molecule has 0 aliphatic carbocycles. The molecular formula is C7H4ClNO3S. The Balaban J connectivity index is 3.10. The molecule has 0 radical (unpaired) electrons. The first-order valence-electron chi connectivity index (χ1n) is 3.20. The number of hydrogen-bond donors (Lipinski definition) is 0. The van der Waals surface area contributed by atoms with E-state index in [1.807, 2.05) is 0 Å². The summed E-state index contributed by atoms with van der Waals surface area (Å²) in [7, 11) is -2.72. The van der Waals surface area contributed by atoms with Crippen molar-refractivity contribution in [3.63, 3.8) is 0 Å². The first-order valence-corrected chi connectivity index (χ1v) is 4.61. The highest BCUT2D eigenvalue weighted by Crippen LogP contribution is 2.11. The van der Waals surface area contributed by atoms with Gasteiger partial charge in [0.15, 0.2) is 0 Å². The van der Waals surface area contributed by atoms with Gasteiger partial charge in [0.1, 0.15) is 0 Å². The van der Waals surface area contributed by atoms with Crippen molar-refractivity contribution < 1.29 is 13.2 Å². The third-order valence-corrected chi connectivity index (χ3v) is 1.78. The summed E-state index contributed by atoms with van der Waals surface area (Å²) in [6.45, 7) is 0. The quantitative estimate of drug-likeness (QED) is 0.717. The Hall–Kier alpha value is -1.20. The molecule has 0 fully saturated rings. The Kier molecular flexibility index (Phi) is 3.16. The molecular weight excluding hydrogens is 214 g/mol. The molecule has 1 aromatic carbocycles. The van der Waals surface area contributed by atoms with Crippen LogP contribution < -0.4 is 0 Å². The molecule has 6 heteroatoms. The van der Waals surface area contributed by atoms with Crippen LogP contribution in [0.2, 0.25) is 5.02 Å². The SMILES string of the molecule is O=C(N=S(=O)=O)c1cccc(Cl)c1. The van der Waals surface area contributed by atoms with Crippen molar-refractivity contribution in [2.45, 2.75) is 0 Å². The molecule has 0 aliphatic heterocycles. The highest BCUT2D eigenvalue weighted by atomic mass is 35.5. The van der Waals surface area contributed by atoms with E-state index in [1.165, 1.54) is 12.1 Å². The lowest BCUT2D eigenvalue weighted by Gasteiger charge is -1.92. The Morgan fingerprint density at radius 1 is 1.38 bits per heavy atom. The van der Waals surface area contributed by atoms with Gasteiger partial charge in [-0.05, 0) is 18.2 Å². The van der Waals surface area contributed by atoms with E-state index in [1.54, 1.807) is 12.1 Å². The molecule has 0 aromatic heterocycles. The summed E-state index contributed by atoms with van der Waals surface area (Å²) in [5.41, 5.74) is 0.150. The number of rotatable bonds is 1. The van der Waals surface area contributed by atoms with Gasteiger partial charge in [0.05, 0.1) is 0 Å². The average molecular weight is 218 g/mol. The predicted octanol–water partition coefficient (Wildman–Crippen LogP) is 1.54. The van der Waals surface area contributed by atoms with Gasteiger partial charge in [-0.25, -0.2) is 0 Å². The molecule has 0 spiro atoms. The second kappa shape index (κ2) is 4.15. The molecule has 0 N–H and O–H groups in total. The van der Waals surface area contributed by atoms with Crippen molar-refractivity contribution >= 4 is 28.0 Å². The van der Waals surface area contributed by atoms with Crippen molar-refractivity contribution in [2.75, 3.05) is 0 Å². The molecule has 1 aromatic rings. The lowest BCUT2D eigenvalue weighted by atomic mass is 10.2. The second-order valence-corrected chi connectivity index (χ2v) is 3.18. The summed E-state index contributed by atoms with van der Waals surface area (Å²) >= 11 is 5.58. The Morgan fingerprint density at radius 3 is 2.62 bits per heavy atom. The van der Waals surface area contributed by atoms with Gasteiger partial charge in [0.25, 0.3) is 5.91 Å². The molecule has 0 unspecified atom stereocenters. The number of amides is 1. The van der Waals surface area contributed by atoms with Crippen molar-refractivity contribution in [1.82, 2.24) is 0 Å². The molecule has 1 rings (SSSR count). The highest BCUT2D eigenvalue weighted by Gasteiger charge is 2.03. The van der Waals surface area contributed by atoms with E-state index in [0.717, 1.165) is 0 Å². The van der Waals surface area contributed by atoms with Gasteiger partial charge >= 0.3 is 10.5 Å². The monoisotopic (exact) mass is 217 g/mol. The van der Waals surface area contributed by atoms with E-state index in [0.29, 0.717) is 5.02 Å². The third kappa shape index (κ3) is 2.96. The number of nitrogens with zero attached hydrogens (tertiary/aromatic N) is 1. The van der Waals surface area contributed by atoms with Gasteiger partial charge in [-0.15, -0.1) is 0 Å². The topological polar surface area (TPSA) is 63.6 Å². The molecule has 1 amide bonds. The van der Waals surface area contributed by atoms with E-state index >= 15 is 0 Å². The molecule has 0 atom stereocenters. The second-order valence-electron chi connectivity index (χ2n) is 2.12. The summed E-state index contributed by atoms with van der Waals surface area (Å²) in [5, 5.41) is 0.359. The van der Waals surface area contributed by atoms with Gasteiger partial charge in [0, 0.05) is 10.6 Å². The van der Waals surface area contributed by atoms with Gasteiger partial charge < -0.3 is 0 Å². The predicted molar refractivity (Wildman–Crippen MR) is 47.1 cm³/mol. The molecule has 0 bridgehead atoms. The third-order valence-electron chi connectivity index (χ3n) is 1.23. The van der Waals surface area contributed by atoms with E-state index in [4.69, 9.17) is 11.6 Å². The standard InChI is InChI=1S/C7H4ClNO3S/c8-6-3-1-2-5(4-6)7(10)9-13(11)12/h1-4H. The van der Waals surface area contributed by atoms with Crippen LogP contribution in [0, 0.1) is 0 Å². The zero-order chi connectivity index (χ0) is 9.84. The minimum Gasteiger partial charge on any atom is -0.266 e. The molecule has 0 heterocycles. The van der Waals surface area contributed by atoms with Gasteiger partial charge in [-0.1, -0.05) is 22.0 Å². The lowest BCUT2D eigenvalue weighted by Crippen LogP contribution is -1.93. The molecule has 13 heavy (non-hydrogen) atoms. The van der Waals surface area contributed by atoms with Crippen LogP contribution in [0.3, 0.4) is 0 Å². The maximum atomic E-state index is 11.0. The van der Waals surface area contributed by atoms with Crippen LogP contribution in [0.5, 0.6) is 0 Å². The summed E-state index contributed by atoms with van der Waals surface area (Å²) in [4.78, 5) is 11.0. The molecule has 0 saturated heterocycles. The van der Waals surface area contributed by atoms with Crippen molar-refractivity contribution in [3.05, 3.63) is 34.9 Å². The maximum Gasteiger partial charge on any atom is 0.319 e. The minimum absolute atomic E-state index is 0.150. The molecule has 68 valence electrons. The first-order chi connectivity index (χ1) is 6.09. The van der Waals surface area contributed by atoms with Crippen molar-refractivity contribution in [2.24, 2.45) is 4.36 Å². The minimum atomic E-state index is -2.72. The number of carbonyl (C=O) groups excluding carboxylic acids is 1. The number of hydrogen-bond acceptors (Lipinski definition) is 3. The van der Waals surface area contributed by atoms with Crippen LogP contribution in [0.4, 0.5) is 0 Å². The van der Waals surface area contributed by atoms with Crippen LogP contribution in [0.25, 0.3) is 0 Å². The number of halogens is 1. The zero-order valence-electron chi connectivity index (χ0n) is 6.27. The van der Waals surface area contributed by atoms with E-state index in [2.05, 4.69) is 4.36 Å². The Labute approximate surface area is 80.9 Å². The molecule has 4 nitrogen and oxygen atoms in total. The summed E-state index contributed by atoms with van der Waals surface area (Å²) in [6, 6.07) is 5.90. The van der Waals surface area contributed by atoms with Crippen molar-refractivity contribution in [1.29, 1.82) is 0 Å². The largest absolute Gasteiger partial charge is 0.319 e. The summed E-state index contributed by atoms with van der Waals surface area (Å²) in [5.74, 6) is -0.823. The van der Waals surface area contributed by atoms with Crippen LogP contribution in [0.1, 0.15) is 10.4 Å². The first kappa shape index (κ1) is 9.88. The van der Waals surface area contributed by atoms with Crippen molar-refractivity contribution in [3.8, 4) is 0 Å². The van der Waals surface area contributed by atoms with Crippen LogP contribution in [0.15, 0.2) is 28.6 Å². The number of carbonyl (C=O) groups is 1. The fourth-order valence-electron chi connectivity index (χ4n) is 0.742.